The average molecular weight is 556 g/mol. The molecule has 0 aliphatic rings. The van der Waals surface area contributed by atoms with Gasteiger partial charge < -0.3 is 30.9 Å². The van der Waals surface area contributed by atoms with Gasteiger partial charge in [0.1, 0.15) is 0 Å². The molecule has 0 aromatic heterocycles. The van der Waals surface area contributed by atoms with Crippen LogP contribution in [0.4, 0.5) is 0 Å². The van der Waals surface area contributed by atoms with Crippen LogP contribution in [0.25, 0.3) is 21.3 Å². The van der Waals surface area contributed by atoms with Crippen LogP contribution in [0.1, 0.15) is 110 Å². The molecule has 0 amide bonds. The zero-order chi connectivity index (χ0) is 26.8. The Morgan fingerprint density at radius 3 is 0.879 bits per heavy atom. The van der Waals surface area contributed by atoms with Crippen LogP contribution in [0, 0.1) is 10.8 Å². The van der Waals surface area contributed by atoms with E-state index in [1.165, 1.54) is 0 Å². The molecule has 7 heteroatoms. The van der Waals surface area contributed by atoms with Gasteiger partial charge in [-0.1, -0.05) is 121 Å². The summed E-state index contributed by atoms with van der Waals surface area (Å²) >= 11 is 0. The van der Waals surface area contributed by atoms with Crippen LogP contribution in [-0.2, 0) is 29.1 Å². The molecule has 0 radical (unpaired) electrons. The Morgan fingerprint density at radius 2 is 0.758 bits per heavy atom. The molecule has 2 unspecified atom stereocenters. The maximum absolute atomic E-state index is 7.75. The largest absolute Gasteiger partial charge is 6.00 e. The molecule has 0 bridgehead atoms. The van der Waals surface area contributed by atoms with Crippen LogP contribution in [0.2, 0.25) is 0 Å². The van der Waals surface area contributed by atoms with Gasteiger partial charge in [-0.05, 0) is 0 Å². The van der Waals surface area contributed by atoms with Crippen molar-refractivity contribution in [2.45, 2.75) is 133 Å². The Morgan fingerprint density at radius 1 is 0.545 bits per heavy atom. The third-order valence-corrected chi connectivity index (χ3v) is 4.93. The Kier molecular flexibility index (Phi) is 27.5. The van der Waals surface area contributed by atoms with Crippen molar-refractivity contribution in [1.29, 1.82) is 0 Å². The molecule has 33 heavy (non-hydrogen) atoms. The molecule has 198 valence electrons. The first-order valence-electron chi connectivity index (χ1n) is 11.7. The Hall–Kier alpha value is -0.197. The van der Waals surface area contributed by atoms with Crippen molar-refractivity contribution in [3.05, 3.63) is 21.3 Å². The number of hydrogen-bond acceptors (Lipinski definition) is 2. The van der Waals surface area contributed by atoms with Crippen molar-refractivity contribution in [3.63, 3.8) is 0 Å². The minimum Gasteiger partial charge on any atom is -0.678 e. The molecule has 0 spiro atoms. The molecule has 0 aliphatic carbocycles. The second-order valence-corrected chi connectivity index (χ2v) is 11.1. The molecular formula is C26H54N4O2Ru. The van der Waals surface area contributed by atoms with Crippen molar-refractivity contribution in [1.82, 2.24) is 0 Å². The molecule has 0 N–H and O–H groups in total. The molecule has 0 saturated carbocycles. The Bertz CT molecular complexity index is 386. The van der Waals surface area contributed by atoms with Crippen molar-refractivity contribution < 1.29 is 29.1 Å². The van der Waals surface area contributed by atoms with Crippen LogP contribution >= 0.6 is 0 Å². The van der Waals surface area contributed by atoms with E-state index in [1.807, 2.05) is 0 Å². The van der Waals surface area contributed by atoms with E-state index in [4.69, 9.17) is 20.2 Å². The fourth-order valence-electron chi connectivity index (χ4n) is 2.21. The van der Waals surface area contributed by atoms with E-state index in [1.54, 1.807) is 0 Å². The van der Waals surface area contributed by atoms with Gasteiger partial charge in [-0.3, -0.25) is 13.6 Å². The number of rotatable bonds is 10. The summed E-state index contributed by atoms with van der Waals surface area (Å²) in [6, 6.07) is 0. The van der Waals surface area contributed by atoms with Crippen LogP contribution in [0.3, 0.4) is 0 Å². The summed E-state index contributed by atoms with van der Waals surface area (Å²) in [5, 5.41) is 18.8. The predicted molar refractivity (Wildman–Crippen MR) is 143 cm³/mol. The van der Waals surface area contributed by atoms with E-state index in [9.17, 15) is 0 Å². The van der Waals surface area contributed by atoms with E-state index >= 15 is 0 Å². The summed E-state index contributed by atoms with van der Waals surface area (Å²) in [4.78, 5) is 15.5. The second-order valence-electron chi connectivity index (χ2n) is 11.1. The van der Waals surface area contributed by atoms with E-state index in [-0.39, 0.29) is 53.7 Å². The van der Waals surface area contributed by atoms with E-state index in [0.29, 0.717) is 0 Å². The van der Waals surface area contributed by atoms with Crippen molar-refractivity contribution in [2.24, 2.45) is 10.8 Å². The first-order valence-corrected chi connectivity index (χ1v) is 11.7. The fraction of sp³-hybridized carbons (Fsp3) is 0.923. The topological polar surface area (TPSA) is 90.5 Å². The molecule has 0 aromatic rings. The molecule has 0 aromatic carbocycles. The minimum absolute atomic E-state index is 0. The van der Waals surface area contributed by atoms with Gasteiger partial charge in [-0.2, -0.15) is 13.1 Å². The Balaban J connectivity index is -0.000000134. The monoisotopic (exact) mass is 556 g/mol. The zero-order valence-corrected chi connectivity index (χ0v) is 25.8. The maximum Gasteiger partial charge on any atom is 6.00 e. The summed E-state index contributed by atoms with van der Waals surface area (Å²) in [6.45, 7) is 38.6. The van der Waals surface area contributed by atoms with Crippen molar-refractivity contribution in [3.8, 4) is 0 Å². The second kappa shape index (κ2) is 21.1. The van der Waals surface area contributed by atoms with Gasteiger partial charge >= 0.3 is 19.5 Å². The molecule has 0 saturated heterocycles. The molecular weight excluding hydrogens is 501 g/mol. The van der Waals surface area contributed by atoms with Gasteiger partial charge in [-0.25, -0.2) is 12.3 Å². The summed E-state index contributed by atoms with van der Waals surface area (Å²) in [5.74, 6) is 0. The molecule has 0 heterocycles. The molecule has 0 rings (SSSR count). The van der Waals surface area contributed by atoms with E-state index < -0.39 is 0 Å². The van der Waals surface area contributed by atoms with Crippen molar-refractivity contribution >= 4 is 13.6 Å². The van der Waals surface area contributed by atoms with Crippen molar-refractivity contribution in [2.75, 3.05) is 13.1 Å². The molecule has 2 atom stereocenters. The van der Waals surface area contributed by atoms with Crippen LogP contribution in [0.15, 0.2) is 0 Å². The van der Waals surface area contributed by atoms with E-state index in [2.05, 4.69) is 121 Å². The third kappa shape index (κ3) is 24.7. The van der Waals surface area contributed by atoms with Gasteiger partial charge in [0.25, 0.3) is 0 Å². The number of nitrogens with zero attached hydrogens (tertiary/aromatic N) is 4. The maximum atomic E-state index is 7.75. The zero-order valence-electron chi connectivity index (χ0n) is 24.1. The fourth-order valence-corrected chi connectivity index (χ4v) is 2.21. The first kappa shape index (κ1) is 42.9. The van der Waals surface area contributed by atoms with Gasteiger partial charge in [0.15, 0.2) is 0 Å². The van der Waals surface area contributed by atoms with Gasteiger partial charge in [-0.15, -0.1) is 11.1 Å². The minimum atomic E-state index is 0. The summed E-state index contributed by atoms with van der Waals surface area (Å²) in [6.07, 6.45) is 2.39. The molecule has 0 aliphatic heterocycles. The number of carbonyl (C=O) groups excluding carboxylic acids is 2. The van der Waals surface area contributed by atoms with Crippen LogP contribution in [-0.4, -0.2) is 50.1 Å². The quantitative estimate of drug-likeness (QED) is 0.155. The summed E-state index contributed by atoms with van der Waals surface area (Å²) < 4.78 is 0. The normalized spacial score (nSPS) is 13.5. The predicted octanol–water partition coefficient (Wildman–Crippen LogP) is 8.08. The molecule has 0 fully saturated rings. The standard InChI is InChI=1S/2C12H26N2.2CHO.Ru/c2*1-8-12(6,7)14-10(13-9-2)11(3,4)5;2*1-2;/h2*10H,8-9H2,1-7H3;2*1H;/q2*-2;2*-1;+6. The van der Waals surface area contributed by atoms with Crippen LogP contribution < -0.4 is 0 Å². The van der Waals surface area contributed by atoms with Crippen LogP contribution in [0.5, 0.6) is 0 Å². The summed E-state index contributed by atoms with van der Waals surface area (Å²) in [5.41, 5.74) is 0.387. The smallest absolute Gasteiger partial charge is 0.678 e. The SMILES string of the molecule is CC[N-]C([N-]C(C)(C)CC)C(C)(C)C.CC[N-]C([N-]C(C)(C)CC)C(C)(C)C.[CH-]=O.[CH-]=O.[Ru+6]. The first-order chi connectivity index (χ1) is 14.5. The Labute approximate surface area is 220 Å². The summed E-state index contributed by atoms with van der Waals surface area (Å²) in [7, 11) is 0. The van der Waals surface area contributed by atoms with Gasteiger partial charge in [0.05, 0.1) is 0 Å². The van der Waals surface area contributed by atoms with Gasteiger partial charge in [0.2, 0.25) is 0 Å². The van der Waals surface area contributed by atoms with Gasteiger partial charge in [0, 0.05) is 0 Å². The average Bonchev–Trinajstić information content (AvgIpc) is 2.69. The van der Waals surface area contributed by atoms with E-state index in [0.717, 1.165) is 25.9 Å². The molecule has 6 nitrogen and oxygen atoms in total. The number of hydrogen-bond donors (Lipinski definition) is 0. The third-order valence-electron chi connectivity index (χ3n) is 4.93.